The van der Waals surface area contributed by atoms with Crippen molar-refractivity contribution in [2.45, 2.75) is 50.0 Å². The maximum atomic E-state index is 13.5. The van der Waals surface area contributed by atoms with E-state index in [1.54, 1.807) is 11.1 Å². The van der Waals surface area contributed by atoms with Crippen molar-refractivity contribution in [1.29, 1.82) is 5.26 Å². The number of aromatic amines is 1. The fourth-order valence-electron chi connectivity index (χ4n) is 6.44. The molecule has 7 heterocycles. The molecule has 0 spiro atoms. The van der Waals surface area contributed by atoms with Crippen LogP contribution in [-0.2, 0) is 18.3 Å². The molecule has 4 aromatic rings. The normalized spacial score (nSPS) is 19.5. The Morgan fingerprint density at radius 2 is 1.93 bits per heavy atom. The number of nitrogens with zero attached hydrogens (tertiary/aromatic N) is 10. The molecule has 1 N–H and O–H groups in total. The number of carbonyl (C=O) groups is 1. The van der Waals surface area contributed by atoms with Crippen LogP contribution in [0.4, 0.5) is 13.2 Å². The molecule has 0 aliphatic carbocycles. The van der Waals surface area contributed by atoms with Crippen molar-refractivity contribution in [3.8, 4) is 17.3 Å². The SMILES string of the molecule is N#CCC1(n2cc(-c3ncnc4[nH]ccc34)cn2)CN(C2CCN(C(=O)c3cc(CN4CCC4)nc(C(F)(F)F)n3)CC2)C1. The van der Waals surface area contributed by atoms with E-state index >= 15 is 0 Å². The van der Waals surface area contributed by atoms with E-state index < -0.39 is 23.4 Å². The molecule has 0 aromatic carbocycles. The fourth-order valence-corrected chi connectivity index (χ4v) is 6.44. The van der Waals surface area contributed by atoms with Crippen molar-refractivity contribution in [3.05, 3.63) is 54.3 Å². The van der Waals surface area contributed by atoms with Gasteiger partial charge in [0.15, 0.2) is 0 Å². The highest BCUT2D eigenvalue weighted by Crippen LogP contribution is 2.37. The summed E-state index contributed by atoms with van der Waals surface area (Å²) in [5.74, 6) is -1.78. The quantitative estimate of drug-likeness (QED) is 0.337. The van der Waals surface area contributed by atoms with Gasteiger partial charge in [-0.1, -0.05) is 0 Å². The molecule has 0 atom stereocenters. The maximum Gasteiger partial charge on any atom is 0.451 e. The van der Waals surface area contributed by atoms with E-state index in [0.29, 0.717) is 45.4 Å². The van der Waals surface area contributed by atoms with Crippen molar-refractivity contribution in [3.63, 3.8) is 0 Å². The summed E-state index contributed by atoms with van der Waals surface area (Å²) in [4.78, 5) is 38.3. The lowest BCUT2D eigenvalue weighted by Crippen LogP contribution is -2.66. The number of hydrogen-bond donors (Lipinski definition) is 1. The zero-order chi connectivity index (χ0) is 30.5. The van der Waals surface area contributed by atoms with Gasteiger partial charge in [-0.05, 0) is 44.5 Å². The standard InChI is InChI=1S/C29H30F3N11O/c30-29(31,32)27-38-20(15-40-8-1-9-40)12-23(39-27)26(44)41-10-3-21(4-11-41)42-16-28(17-42,5-6-33)43-14-19(13-37-43)24-22-2-7-34-25(22)36-18-35-24/h2,7,12-14,18,21H,1,3-5,8-11,15-17H2,(H,34,35,36). The molecular weight excluding hydrogens is 575 g/mol. The van der Waals surface area contributed by atoms with E-state index in [2.05, 4.69) is 41.0 Å². The first-order valence-electron chi connectivity index (χ1n) is 14.6. The third-order valence-electron chi connectivity index (χ3n) is 8.95. The minimum absolute atomic E-state index is 0.181. The highest BCUT2D eigenvalue weighted by molar-refractivity contribution is 5.92. The van der Waals surface area contributed by atoms with Gasteiger partial charge in [0.25, 0.3) is 5.91 Å². The summed E-state index contributed by atoms with van der Waals surface area (Å²) >= 11 is 0. The second kappa shape index (κ2) is 10.9. The van der Waals surface area contributed by atoms with Crippen LogP contribution in [0.2, 0.25) is 0 Å². The number of amides is 1. The summed E-state index contributed by atoms with van der Waals surface area (Å²) in [5.41, 5.74) is 1.85. The molecule has 4 aromatic heterocycles. The molecule has 3 saturated heterocycles. The van der Waals surface area contributed by atoms with E-state index in [1.807, 2.05) is 28.0 Å². The van der Waals surface area contributed by atoms with Gasteiger partial charge in [-0.15, -0.1) is 0 Å². The molecule has 3 aliphatic heterocycles. The Bertz CT molecular complexity index is 1720. The number of aromatic nitrogens is 7. The number of rotatable bonds is 7. The summed E-state index contributed by atoms with van der Waals surface area (Å²) < 4.78 is 42.5. The first kappa shape index (κ1) is 28.4. The summed E-state index contributed by atoms with van der Waals surface area (Å²) in [7, 11) is 0. The van der Waals surface area contributed by atoms with Gasteiger partial charge in [0, 0.05) is 62.1 Å². The summed E-state index contributed by atoms with van der Waals surface area (Å²) in [6.45, 7) is 3.94. The highest BCUT2D eigenvalue weighted by atomic mass is 19.4. The third-order valence-corrected chi connectivity index (χ3v) is 8.95. The van der Waals surface area contributed by atoms with Crippen LogP contribution in [0.15, 0.2) is 37.1 Å². The van der Waals surface area contributed by atoms with E-state index in [1.165, 1.54) is 12.4 Å². The molecule has 0 saturated carbocycles. The van der Waals surface area contributed by atoms with Crippen LogP contribution in [0.1, 0.15) is 47.7 Å². The lowest BCUT2D eigenvalue weighted by molar-refractivity contribution is -0.145. The Hall–Kier alpha value is -4.42. The lowest BCUT2D eigenvalue weighted by atomic mass is 9.83. The summed E-state index contributed by atoms with van der Waals surface area (Å²) in [6, 6.07) is 5.82. The Balaban J connectivity index is 1.01. The van der Waals surface area contributed by atoms with Crippen LogP contribution < -0.4 is 0 Å². The number of alkyl halides is 3. The van der Waals surface area contributed by atoms with Crippen molar-refractivity contribution >= 4 is 16.9 Å². The highest BCUT2D eigenvalue weighted by Gasteiger charge is 2.48. The molecule has 44 heavy (non-hydrogen) atoms. The Morgan fingerprint density at radius 3 is 2.64 bits per heavy atom. The van der Waals surface area contributed by atoms with Crippen LogP contribution in [0.25, 0.3) is 22.3 Å². The van der Waals surface area contributed by atoms with E-state index in [4.69, 9.17) is 0 Å². The molecular formula is C29H30F3N11O. The van der Waals surface area contributed by atoms with Gasteiger partial charge >= 0.3 is 6.18 Å². The minimum atomic E-state index is -4.74. The molecule has 15 heteroatoms. The average molecular weight is 606 g/mol. The summed E-state index contributed by atoms with van der Waals surface area (Å²) in [5, 5.41) is 15.2. The van der Waals surface area contributed by atoms with Crippen LogP contribution >= 0.6 is 0 Å². The average Bonchev–Trinajstić information content (AvgIpc) is 3.66. The Morgan fingerprint density at radius 1 is 1.14 bits per heavy atom. The topological polar surface area (TPSA) is 136 Å². The largest absolute Gasteiger partial charge is 0.451 e. The van der Waals surface area contributed by atoms with Crippen molar-refractivity contribution in [1.82, 2.24) is 49.4 Å². The second-order valence-electron chi connectivity index (χ2n) is 11.8. The Kier molecular flexibility index (Phi) is 7.05. The fraction of sp³-hybridized carbons (Fsp3) is 0.483. The second-order valence-corrected chi connectivity index (χ2v) is 11.8. The van der Waals surface area contributed by atoms with E-state index in [0.717, 1.165) is 41.8 Å². The zero-order valence-electron chi connectivity index (χ0n) is 23.8. The molecule has 1 amide bonds. The lowest BCUT2D eigenvalue weighted by Gasteiger charge is -2.53. The minimum Gasteiger partial charge on any atom is -0.346 e. The zero-order valence-corrected chi connectivity index (χ0v) is 23.8. The number of carbonyl (C=O) groups excluding carboxylic acids is 1. The first-order chi connectivity index (χ1) is 21.2. The molecule has 0 bridgehead atoms. The van der Waals surface area contributed by atoms with E-state index in [-0.39, 0.29) is 24.0 Å². The van der Waals surface area contributed by atoms with Crippen molar-refractivity contribution in [2.75, 3.05) is 39.3 Å². The van der Waals surface area contributed by atoms with E-state index in [9.17, 15) is 23.2 Å². The number of nitrogens with one attached hydrogen (secondary N) is 1. The molecule has 0 unspecified atom stereocenters. The van der Waals surface area contributed by atoms with Crippen molar-refractivity contribution < 1.29 is 18.0 Å². The number of halogens is 3. The smallest absolute Gasteiger partial charge is 0.346 e. The number of likely N-dealkylation sites (tertiary alicyclic amines) is 3. The molecule has 228 valence electrons. The third kappa shape index (κ3) is 5.17. The number of nitriles is 1. The predicted octanol–water partition coefficient (Wildman–Crippen LogP) is 3.07. The van der Waals surface area contributed by atoms with Gasteiger partial charge < -0.3 is 9.88 Å². The van der Waals surface area contributed by atoms with Gasteiger partial charge in [-0.25, -0.2) is 19.9 Å². The van der Waals surface area contributed by atoms with Gasteiger partial charge in [0.05, 0.1) is 30.1 Å². The van der Waals surface area contributed by atoms with Gasteiger partial charge in [-0.2, -0.15) is 23.5 Å². The molecule has 3 fully saturated rings. The van der Waals surface area contributed by atoms with Gasteiger partial charge in [-0.3, -0.25) is 19.3 Å². The molecule has 0 radical (unpaired) electrons. The van der Waals surface area contributed by atoms with Crippen molar-refractivity contribution in [2.24, 2.45) is 0 Å². The molecule has 12 nitrogen and oxygen atoms in total. The van der Waals surface area contributed by atoms with Crippen LogP contribution in [0, 0.1) is 11.3 Å². The summed E-state index contributed by atoms with van der Waals surface area (Å²) in [6.07, 6.45) is 4.89. The van der Waals surface area contributed by atoms with Crippen LogP contribution in [0.5, 0.6) is 0 Å². The first-order valence-corrected chi connectivity index (χ1v) is 14.6. The number of fused-ring (bicyclic) bond motifs is 1. The number of hydrogen-bond acceptors (Lipinski definition) is 9. The van der Waals surface area contributed by atoms with Gasteiger partial charge in [0.2, 0.25) is 5.82 Å². The van der Waals surface area contributed by atoms with Crippen LogP contribution in [0.3, 0.4) is 0 Å². The molecule has 3 aliphatic rings. The van der Waals surface area contributed by atoms with Gasteiger partial charge in [0.1, 0.15) is 23.2 Å². The maximum absolute atomic E-state index is 13.5. The molecule has 7 rings (SSSR count). The monoisotopic (exact) mass is 605 g/mol. The Labute approximate surface area is 250 Å². The number of piperidine rings is 1. The predicted molar refractivity (Wildman–Crippen MR) is 151 cm³/mol. The van der Waals surface area contributed by atoms with Crippen LogP contribution in [-0.4, -0.2) is 101 Å². The number of H-pyrrole nitrogens is 1.